The van der Waals surface area contributed by atoms with E-state index in [1.807, 2.05) is 13.8 Å². The Morgan fingerprint density at radius 3 is 1.67 bits per heavy atom. The van der Waals surface area contributed by atoms with Crippen LogP contribution in [0.15, 0.2) is 0 Å². The first-order chi connectivity index (χ1) is 4.06. The molecule has 0 amide bonds. The minimum Gasteiger partial charge on any atom is -0.429 e. The van der Waals surface area contributed by atoms with Gasteiger partial charge in [-0.25, -0.2) is 0 Å². The maximum Gasteiger partial charge on any atom is 0.215 e. The number of hydrogen-bond acceptors (Lipinski definition) is 2. The van der Waals surface area contributed by atoms with Crippen LogP contribution in [0.5, 0.6) is 0 Å². The van der Waals surface area contributed by atoms with E-state index in [0.717, 1.165) is 12.1 Å². The van der Waals surface area contributed by atoms with Crippen LogP contribution in [0.1, 0.15) is 20.8 Å². The van der Waals surface area contributed by atoms with Gasteiger partial charge in [0.15, 0.2) is 0 Å². The molecule has 9 heavy (non-hydrogen) atoms. The van der Waals surface area contributed by atoms with Gasteiger partial charge < -0.3 is 9.90 Å². The van der Waals surface area contributed by atoms with Crippen LogP contribution in [0.25, 0.3) is 0 Å². The zero-order chi connectivity index (χ0) is 7.49. The van der Waals surface area contributed by atoms with E-state index in [1.165, 1.54) is 0 Å². The molecule has 0 rings (SSSR count). The average Bonchev–Trinajstić information content (AvgIpc) is 1.86. The van der Waals surface area contributed by atoms with Gasteiger partial charge in [0.05, 0.1) is 5.73 Å². The van der Waals surface area contributed by atoms with E-state index in [9.17, 15) is 4.80 Å². The van der Waals surface area contributed by atoms with Gasteiger partial charge in [-0.05, 0) is 19.0 Å². The molecule has 0 saturated heterocycles. The minimum atomic E-state index is -2.22. The van der Waals surface area contributed by atoms with Crippen LogP contribution >= 0.6 is 0 Å². The summed E-state index contributed by atoms with van der Waals surface area (Å²) in [5.74, 6) is 0. The first-order valence-electron chi connectivity index (χ1n) is 3.47. The molecule has 56 valence electrons. The van der Waals surface area contributed by atoms with Crippen molar-refractivity contribution in [2.45, 2.75) is 38.6 Å². The van der Waals surface area contributed by atoms with Crippen molar-refractivity contribution in [3.63, 3.8) is 0 Å². The Bertz CT molecular complexity index is 79.1. The Hall–Kier alpha value is 0.137. The highest BCUT2D eigenvalue weighted by Gasteiger charge is 2.31. The minimum absolute atomic E-state index is 0.479. The van der Waals surface area contributed by atoms with Crippen molar-refractivity contribution >= 4 is 8.32 Å². The molecule has 0 fully saturated rings. The smallest absolute Gasteiger partial charge is 0.215 e. The highest BCUT2D eigenvalue weighted by Crippen LogP contribution is 2.14. The summed E-state index contributed by atoms with van der Waals surface area (Å²) in [6.45, 7) is 5.55. The van der Waals surface area contributed by atoms with Crippen LogP contribution in [0.4, 0.5) is 0 Å². The van der Waals surface area contributed by atoms with E-state index >= 15 is 0 Å². The SMILES string of the molecule is CC[Si](O)(CC)C(C)O. The molecule has 0 bridgehead atoms. The van der Waals surface area contributed by atoms with Crippen LogP contribution in [-0.2, 0) is 0 Å². The normalized spacial score (nSPS) is 15.7. The summed E-state index contributed by atoms with van der Waals surface area (Å²) in [7, 11) is -2.22. The highest BCUT2D eigenvalue weighted by atomic mass is 28.4. The average molecular weight is 148 g/mol. The molecule has 2 N–H and O–H groups in total. The molecule has 2 nitrogen and oxygen atoms in total. The zero-order valence-electron chi connectivity index (χ0n) is 6.39. The number of rotatable bonds is 3. The summed E-state index contributed by atoms with van der Waals surface area (Å²) in [4.78, 5) is 9.59. The standard InChI is InChI=1S/C6H16O2Si/c1-4-9(8,5-2)6(3)7/h6-8H,4-5H2,1-3H3. The molecule has 0 heterocycles. The van der Waals surface area contributed by atoms with Gasteiger partial charge in [0, 0.05) is 0 Å². The molecule has 0 spiro atoms. The molecule has 0 aliphatic carbocycles. The van der Waals surface area contributed by atoms with E-state index in [1.54, 1.807) is 6.92 Å². The number of aliphatic hydroxyl groups excluding tert-OH is 1. The fourth-order valence-electron chi connectivity index (χ4n) is 0.841. The van der Waals surface area contributed by atoms with E-state index in [-0.39, 0.29) is 0 Å². The predicted molar refractivity (Wildman–Crippen MR) is 40.6 cm³/mol. The van der Waals surface area contributed by atoms with Crippen molar-refractivity contribution in [1.82, 2.24) is 0 Å². The molecule has 0 aromatic rings. The maximum atomic E-state index is 9.59. The monoisotopic (exact) mass is 148 g/mol. The molecular formula is C6H16O2Si. The van der Waals surface area contributed by atoms with Gasteiger partial charge in [0.1, 0.15) is 0 Å². The van der Waals surface area contributed by atoms with Crippen molar-refractivity contribution in [2.24, 2.45) is 0 Å². The molecular weight excluding hydrogens is 132 g/mol. The molecule has 0 aromatic heterocycles. The third-order valence-electron chi connectivity index (χ3n) is 2.00. The summed E-state index contributed by atoms with van der Waals surface area (Å²) in [5.41, 5.74) is -0.479. The second kappa shape index (κ2) is 3.34. The van der Waals surface area contributed by atoms with Crippen molar-refractivity contribution in [3.05, 3.63) is 0 Å². The molecule has 1 atom stereocenters. The van der Waals surface area contributed by atoms with Crippen LogP contribution < -0.4 is 0 Å². The summed E-state index contributed by atoms with van der Waals surface area (Å²) >= 11 is 0. The Balaban J connectivity index is 3.92. The molecule has 0 saturated carbocycles. The number of aliphatic hydroxyl groups is 1. The fraction of sp³-hybridized carbons (Fsp3) is 1.00. The summed E-state index contributed by atoms with van der Waals surface area (Å²) in [5, 5.41) is 9.08. The Morgan fingerprint density at radius 2 is 1.67 bits per heavy atom. The van der Waals surface area contributed by atoms with Gasteiger partial charge in [-0.15, -0.1) is 0 Å². The maximum absolute atomic E-state index is 9.59. The Labute approximate surface area is 57.7 Å². The molecule has 0 radical (unpaired) electrons. The van der Waals surface area contributed by atoms with Crippen LogP contribution in [-0.4, -0.2) is 23.9 Å². The van der Waals surface area contributed by atoms with Crippen LogP contribution in [0.2, 0.25) is 12.1 Å². The van der Waals surface area contributed by atoms with Gasteiger partial charge >= 0.3 is 0 Å². The summed E-state index contributed by atoms with van der Waals surface area (Å²) < 4.78 is 0. The van der Waals surface area contributed by atoms with E-state index in [0.29, 0.717) is 0 Å². The van der Waals surface area contributed by atoms with Gasteiger partial charge in [-0.2, -0.15) is 0 Å². The fourth-order valence-corrected chi connectivity index (χ4v) is 2.52. The van der Waals surface area contributed by atoms with Gasteiger partial charge in [0.25, 0.3) is 0 Å². The topological polar surface area (TPSA) is 40.5 Å². The quantitative estimate of drug-likeness (QED) is 0.583. The Morgan fingerprint density at radius 1 is 1.33 bits per heavy atom. The van der Waals surface area contributed by atoms with E-state index in [4.69, 9.17) is 5.11 Å². The van der Waals surface area contributed by atoms with Crippen LogP contribution in [0, 0.1) is 0 Å². The lowest BCUT2D eigenvalue weighted by molar-refractivity contribution is 0.236. The lowest BCUT2D eigenvalue weighted by atomic mass is 10.9. The molecule has 0 aromatic carbocycles. The van der Waals surface area contributed by atoms with Gasteiger partial charge in [-0.1, -0.05) is 13.8 Å². The van der Waals surface area contributed by atoms with E-state index in [2.05, 4.69) is 0 Å². The molecule has 0 aliphatic heterocycles. The second-order valence-electron chi connectivity index (χ2n) is 2.49. The van der Waals surface area contributed by atoms with Crippen molar-refractivity contribution < 1.29 is 9.90 Å². The predicted octanol–water partition coefficient (Wildman–Crippen LogP) is 0.884. The second-order valence-corrected chi connectivity index (χ2v) is 6.94. The third kappa shape index (κ3) is 2.08. The first kappa shape index (κ1) is 9.14. The largest absolute Gasteiger partial charge is 0.429 e. The number of hydrogen-bond donors (Lipinski definition) is 2. The third-order valence-corrected chi connectivity index (χ3v) is 6.01. The van der Waals surface area contributed by atoms with Crippen molar-refractivity contribution in [2.75, 3.05) is 0 Å². The lowest BCUT2D eigenvalue weighted by Gasteiger charge is -2.24. The van der Waals surface area contributed by atoms with Gasteiger partial charge in [-0.3, -0.25) is 0 Å². The first-order valence-corrected chi connectivity index (χ1v) is 5.91. The Kier molecular flexibility index (Phi) is 3.39. The van der Waals surface area contributed by atoms with E-state index < -0.39 is 14.0 Å². The van der Waals surface area contributed by atoms with Crippen LogP contribution in [0.3, 0.4) is 0 Å². The molecule has 1 unspecified atom stereocenters. The molecule has 3 heteroatoms. The summed E-state index contributed by atoms with van der Waals surface area (Å²) in [6.07, 6.45) is 0. The summed E-state index contributed by atoms with van der Waals surface area (Å²) in [6, 6.07) is 1.50. The lowest BCUT2D eigenvalue weighted by Crippen LogP contribution is -2.44. The van der Waals surface area contributed by atoms with Gasteiger partial charge in [0.2, 0.25) is 8.32 Å². The molecule has 0 aliphatic rings. The zero-order valence-corrected chi connectivity index (χ0v) is 7.39. The van der Waals surface area contributed by atoms with Crippen molar-refractivity contribution in [1.29, 1.82) is 0 Å². The van der Waals surface area contributed by atoms with Crippen molar-refractivity contribution in [3.8, 4) is 0 Å². The highest BCUT2D eigenvalue weighted by molar-refractivity contribution is 6.73.